The number of ketones is 1. The number of ether oxygens (including phenoxy) is 1. The molecule has 0 unspecified atom stereocenters. The van der Waals surface area contributed by atoms with E-state index in [2.05, 4.69) is 13.8 Å². The minimum absolute atomic E-state index is 0.0411. The Morgan fingerprint density at radius 3 is 2.68 bits per heavy atom. The Balaban J connectivity index is 1.59. The molecule has 6 atom stereocenters. The first kappa shape index (κ1) is 17.3. The summed E-state index contributed by atoms with van der Waals surface area (Å²) in [6, 6.07) is 0. The summed E-state index contributed by atoms with van der Waals surface area (Å²) < 4.78 is 5.86. The maximum atomic E-state index is 11.9. The Kier molecular flexibility index (Phi) is 4.12. The molecule has 138 valence electrons. The zero-order valence-corrected chi connectivity index (χ0v) is 16.0. The SMILES string of the molecule is CCC(=O)O[C@H]1CC[C@H]2[C@H]3CCC4=CC(=O)CC[C@]4(C)[C@@H]3CC[C@]12C. The second-order valence-corrected chi connectivity index (χ2v) is 9.42. The average Bonchev–Trinajstić information content (AvgIpc) is 2.92. The van der Waals surface area contributed by atoms with Gasteiger partial charge in [-0.1, -0.05) is 26.3 Å². The van der Waals surface area contributed by atoms with Crippen LogP contribution in [0.2, 0.25) is 0 Å². The second kappa shape index (κ2) is 5.96. The van der Waals surface area contributed by atoms with E-state index in [1.165, 1.54) is 24.8 Å². The predicted octanol–water partition coefficient (Wildman–Crippen LogP) is 4.84. The van der Waals surface area contributed by atoms with Crippen LogP contribution in [-0.2, 0) is 14.3 Å². The van der Waals surface area contributed by atoms with Crippen molar-refractivity contribution in [3.63, 3.8) is 0 Å². The summed E-state index contributed by atoms with van der Waals surface area (Å²) in [7, 11) is 0. The zero-order chi connectivity index (χ0) is 17.8. The molecule has 3 nitrogen and oxygen atoms in total. The van der Waals surface area contributed by atoms with Gasteiger partial charge in [0.05, 0.1) is 0 Å². The van der Waals surface area contributed by atoms with E-state index in [4.69, 9.17) is 4.74 Å². The minimum Gasteiger partial charge on any atom is -0.462 e. The second-order valence-electron chi connectivity index (χ2n) is 9.42. The lowest BCUT2D eigenvalue weighted by atomic mass is 9.47. The van der Waals surface area contributed by atoms with Crippen LogP contribution in [0.15, 0.2) is 11.6 Å². The van der Waals surface area contributed by atoms with Gasteiger partial charge in [0.25, 0.3) is 0 Å². The van der Waals surface area contributed by atoms with Gasteiger partial charge in [0, 0.05) is 18.3 Å². The highest BCUT2D eigenvalue weighted by atomic mass is 16.5. The fraction of sp³-hybridized carbons (Fsp3) is 0.818. The zero-order valence-electron chi connectivity index (χ0n) is 16.0. The van der Waals surface area contributed by atoms with Crippen LogP contribution < -0.4 is 0 Å². The molecule has 0 heterocycles. The number of fused-ring (bicyclic) bond motifs is 5. The van der Waals surface area contributed by atoms with Gasteiger partial charge in [-0.25, -0.2) is 0 Å². The van der Waals surface area contributed by atoms with Crippen LogP contribution in [0.1, 0.15) is 78.6 Å². The molecule has 0 spiro atoms. The molecule has 0 radical (unpaired) electrons. The number of carbonyl (C=O) groups is 2. The van der Waals surface area contributed by atoms with Crippen molar-refractivity contribution in [3.05, 3.63) is 11.6 Å². The van der Waals surface area contributed by atoms with E-state index in [0.717, 1.165) is 38.0 Å². The van der Waals surface area contributed by atoms with Crippen molar-refractivity contribution < 1.29 is 14.3 Å². The number of hydrogen-bond donors (Lipinski definition) is 0. The molecule has 4 aliphatic carbocycles. The molecule has 0 aromatic heterocycles. The van der Waals surface area contributed by atoms with Crippen molar-refractivity contribution in [1.29, 1.82) is 0 Å². The van der Waals surface area contributed by atoms with E-state index in [1.54, 1.807) is 0 Å². The summed E-state index contributed by atoms with van der Waals surface area (Å²) in [5.74, 6) is 2.41. The van der Waals surface area contributed by atoms with Crippen molar-refractivity contribution in [3.8, 4) is 0 Å². The number of hydrogen-bond acceptors (Lipinski definition) is 3. The topological polar surface area (TPSA) is 43.4 Å². The van der Waals surface area contributed by atoms with Gasteiger partial charge >= 0.3 is 5.97 Å². The Labute approximate surface area is 151 Å². The Hall–Kier alpha value is -1.12. The molecule has 0 saturated heterocycles. The summed E-state index contributed by atoms with van der Waals surface area (Å²) in [5, 5.41) is 0. The Morgan fingerprint density at radius 1 is 1.12 bits per heavy atom. The van der Waals surface area contributed by atoms with Crippen molar-refractivity contribution in [2.45, 2.75) is 84.7 Å². The van der Waals surface area contributed by atoms with Gasteiger partial charge in [0.1, 0.15) is 6.10 Å². The van der Waals surface area contributed by atoms with Gasteiger partial charge in [-0.2, -0.15) is 0 Å². The van der Waals surface area contributed by atoms with Crippen molar-refractivity contribution >= 4 is 11.8 Å². The van der Waals surface area contributed by atoms with Crippen LogP contribution in [0, 0.1) is 28.6 Å². The molecule has 3 fully saturated rings. The van der Waals surface area contributed by atoms with Crippen LogP contribution in [0.4, 0.5) is 0 Å². The first-order chi connectivity index (χ1) is 11.9. The molecule has 0 amide bonds. The minimum atomic E-state index is -0.0411. The summed E-state index contributed by atoms with van der Waals surface area (Å²) in [5.41, 5.74) is 1.82. The molecular formula is C22H32O3. The Bertz CT molecular complexity index is 621. The largest absolute Gasteiger partial charge is 0.462 e. The average molecular weight is 344 g/mol. The fourth-order valence-electron chi connectivity index (χ4n) is 6.95. The number of rotatable bonds is 2. The molecule has 4 rings (SSSR count). The van der Waals surface area contributed by atoms with Crippen molar-refractivity contribution in [2.75, 3.05) is 0 Å². The van der Waals surface area contributed by atoms with Crippen LogP contribution in [0.5, 0.6) is 0 Å². The summed E-state index contributed by atoms with van der Waals surface area (Å²) >= 11 is 0. The van der Waals surface area contributed by atoms with E-state index in [9.17, 15) is 9.59 Å². The lowest BCUT2D eigenvalue weighted by Crippen LogP contribution is -2.51. The molecule has 3 heteroatoms. The predicted molar refractivity (Wildman–Crippen MR) is 96.9 cm³/mol. The first-order valence-corrected chi connectivity index (χ1v) is 10.3. The fourth-order valence-corrected chi connectivity index (χ4v) is 6.95. The monoisotopic (exact) mass is 344 g/mol. The van der Waals surface area contributed by atoms with E-state index in [0.29, 0.717) is 24.0 Å². The maximum Gasteiger partial charge on any atom is 0.305 e. The summed E-state index contributed by atoms with van der Waals surface area (Å²) in [6.07, 6.45) is 11.3. The number of esters is 1. The molecular weight excluding hydrogens is 312 g/mol. The van der Waals surface area contributed by atoms with Gasteiger partial charge < -0.3 is 4.74 Å². The molecule has 3 saturated carbocycles. The molecule has 0 bridgehead atoms. The highest BCUT2D eigenvalue weighted by molar-refractivity contribution is 5.91. The third-order valence-electron chi connectivity index (χ3n) is 8.44. The van der Waals surface area contributed by atoms with Crippen LogP contribution >= 0.6 is 0 Å². The summed E-state index contributed by atoms with van der Waals surface area (Å²) in [4.78, 5) is 23.8. The molecule has 0 aromatic carbocycles. The lowest BCUT2D eigenvalue weighted by molar-refractivity contribution is -0.159. The third kappa shape index (κ3) is 2.52. The number of carbonyl (C=O) groups excluding carboxylic acids is 2. The van der Waals surface area contributed by atoms with Gasteiger partial charge in [0.2, 0.25) is 0 Å². The smallest absolute Gasteiger partial charge is 0.305 e. The molecule has 0 N–H and O–H groups in total. The van der Waals surface area contributed by atoms with Crippen LogP contribution in [0.3, 0.4) is 0 Å². The third-order valence-corrected chi connectivity index (χ3v) is 8.44. The van der Waals surface area contributed by atoms with Crippen molar-refractivity contribution in [2.24, 2.45) is 28.6 Å². The first-order valence-electron chi connectivity index (χ1n) is 10.3. The number of allylic oxidation sites excluding steroid dienone is 1. The van der Waals surface area contributed by atoms with E-state index in [-0.39, 0.29) is 22.9 Å². The van der Waals surface area contributed by atoms with Gasteiger partial charge in [0.15, 0.2) is 5.78 Å². The van der Waals surface area contributed by atoms with Crippen LogP contribution in [-0.4, -0.2) is 17.9 Å². The molecule has 0 aromatic rings. The normalized spacial score (nSPS) is 45.9. The van der Waals surface area contributed by atoms with Crippen molar-refractivity contribution in [1.82, 2.24) is 0 Å². The highest BCUT2D eigenvalue weighted by Gasteiger charge is 2.59. The standard InChI is InChI=1S/C22H32O3/c1-4-20(24)25-19-8-7-17-16-6-5-14-13-15(23)9-11-21(14,2)18(16)10-12-22(17,19)3/h13,16-19H,4-12H2,1-3H3/t16-,17+,18-,19+,21+,22+/m1/s1. The molecule has 25 heavy (non-hydrogen) atoms. The summed E-state index contributed by atoms with van der Waals surface area (Å²) in [6.45, 7) is 6.69. The van der Waals surface area contributed by atoms with Gasteiger partial charge in [-0.15, -0.1) is 0 Å². The van der Waals surface area contributed by atoms with Gasteiger partial charge in [-0.05, 0) is 74.2 Å². The van der Waals surface area contributed by atoms with E-state index < -0.39 is 0 Å². The lowest BCUT2D eigenvalue weighted by Gasteiger charge is -2.57. The Morgan fingerprint density at radius 2 is 1.92 bits per heavy atom. The molecule has 4 aliphatic rings. The quantitative estimate of drug-likeness (QED) is 0.673. The highest BCUT2D eigenvalue weighted by Crippen LogP contribution is 2.65. The van der Waals surface area contributed by atoms with Gasteiger partial charge in [-0.3, -0.25) is 9.59 Å². The molecule has 0 aliphatic heterocycles. The van der Waals surface area contributed by atoms with E-state index >= 15 is 0 Å². The van der Waals surface area contributed by atoms with Crippen LogP contribution in [0.25, 0.3) is 0 Å². The maximum absolute atomic E-state index is 11.9. The van der Waals surface area contributed by atoms with E-state index in [1.807, 2.05) is 13.0 Å².